The van der Waals surface area contributed by atoms with Gasteiger partial charge in [0.05, 0.1) is 11.7 Å². The van der Waals surface area contributed by atoms with Gasteiger partial charge in [0, 0.05) is 34.5 Å². The summed E-state index contributed by atoms with van der Waals surface area (Å²) in [5.41, 5.74) is 8.17. The average Bonchev–Trinajstić information content (AvgIpc) is 3.62. The van der Waals surface area contributed by atoms with E-state index in [1.54, 1.807) is 0 Å². The number of aryl methyl sites for hydroxylation is 1. The molecule has 7 heteroatoms. The van der Waals surface area contributed by atoms with E-state index >= 15 is 0 Å². The van der Waals surface area contributed by atoms with Crippen molar-refractivity contribution in [3.05, 3.63) is 77.5 Å². The number of rotatable bonds is 4. The van der Waals surface area contributed by atoms with Crippen LogP contribution in [-0.4, -0.2) is 22.8 Å². The SMILES string of the molecule is Cc1cc2[nH]ncc2cc1-c1ccc2c(c1)C1(CCCC1)CN2C(=O)NCc1ccc(SN)cc1. The van der Waals surface area contributed by atoms with Gasteiger partial charge < -0.3 is 5.32 Å². The summed E-state index contributed by atoms with van der Waals surface area (Å²) in [7, 11) is 0. The van der Waals surface area contributed by atoms with Gasteiger partial charge in [-0.05, 0) is 95.9 Å². The Labute approximate surface area is 209 Å². The maximum atomic E-state index is 13.4. The Bertz CT molecular complexity index is 1400. The molecule has 0 radical (unpaired) electrons. The molecule has 0 bridgehead atoms. The van der Waals surface area contributed by atoms with Crippen molar-refractivity contribution in [2.45, 2.75) is 49.5 Å². The number of anilines is 1. The van der Waals surface area contributed by atoms with E-state index < -0.39 is 0 Å². The van der Waals surface area contributed by atoms with Crippen LogP contribution < -0.4 is 15.4 Å². The summed E-state index contributed by atoms with van der Waals surface area (Å²) in [5, 5.41) is 17.1. The quantitative estimate of drug-likeness (QED) is 0.309. The fourth-order valence-electron chi connectivity index (χ4n) is 5.87. The number of carbonyl (C=O) groups is 1. The number of urea groups is 1. The van der Waals surface area contributed by atoms with Crippen LogP contribution in [0.5, 0.6) is 0 Å². The number of aromatic amines is 1. The van der Waals surface area contributed by atoms with E-state index in [4.69, 9.17) is 5.14 Å². The Morgan fingerprint density at radius 1 is 1.14 bits per heavy atom. The van der Waals surface area contributed by atoms with Crippen LogP contribution in [0.4, 0.5) is 10.5 Å². The summed E-state index contributed by atoms with van der Waals surface area (Å²) in [5.74, 6) is 0. The van der Waals surface area contributed by atoms with Gasteiger partial charge in [-0.2, -0.15) is 5.10 Å². The number of amides is 2. The molecule has 1 aliphatic heterocycles. The van der Waals surface area contributed by atoms with Crippen molar-refractivity contribution in [3.8, 4) is 11.1 Å². The van der Waals surface area contributed by atoms with Crippen molar-refractivity contribution in [2.24, 2.45) is 5.14 Å². The topological polar surface area (TPSA) is 87.0 Å². The number of nitrogens with one attached hydrogen (secondary N) is 2. The van der Waals surface area contributed by atoms with Crippen LogP contribution in [0.15, 0.2) is 65.7 Å². The van der Waals surface area contributed by atoms with Gasteiger partial charge in [-0.3, -0.25) is 15.1 Å². The van der Waals surface area contributed by atoms with E-state index in [1.165, 1.54) is 47.0 Å². The number of carbonyl (C=O) groups excluding carboxylic acids is 1. The van der Waals surface area contributed by atoms with Gasteiger partial charge in [-0.15, -0.1) is 0 Å². The number of hydrogen-bond acceptors (Lipinski definition) is 4. The zero-order valence-electron chi connectivity index (χ0n) is 19.8. The van der Waals surface area contributed by atoms with Crippen molar-refractivity contribution in [2.75, 3.05) is 11.4 Å². The molecule has 0 atom stereocenters. The Kier molecular flexibility index (Phi) is 5.54. The van der Waals surface area contributed by atoms with E-state index in [0.717, 1.165) is 46.4 Å². The summed E-state index contributed by atoms with van der Waals surface area (Å²) in [4.78, 5) is 16.3. The number of H-pyrrole nitrogens is 1. The highest BCUT2D eigenvalue weighted by molar-refractivity contribution is 7.97. The molecule has 1 spiro atoms. The van der Waals surface area contributed by atoms with Crippen LogP contribution in [0, 0.1) is 6.92 Å². The number of nitrogens with two attached hydrogens (primary N) is 1. The summed E-state index contributed by atoms with van der Waals surface area (Å²) in [6.07, 6.45) is 6.56. The van der Waals surface area contributed by atoms with E-state index in [2.05, 4.69) is 52.8 Å². The maximum absolute atomic E-state index is 13.4. The van der Waals surface area contributed by atoms with Crippen molar-refractivity contribution >= 4 is 34.6 Å². The minimum absolute atomic E-state index is 0.0314. The number of hydrogen-bond donors (Lipinski definition) is 3. The molecule has 1 aromatic heterocycles. The molecule has 6 nitrogen and oxygen atoms in total. The molecule has 2 amide bonds. The molecule has 0 saturated heterocycles. The molecule has 4 aromatic rings. The fourth-order valence-corrected chi connectivity index (χ4v) is 6.16. The molecule has 35 heavy (non-hydrogen) atoms. The van der Waals surface area contributed by atoms with Gasteiger partial charge in [0.25, 0.3) is 0 Å². The molecule has 0 unspecified atom stereocenters. The first-order chi connectivity index (χ1) is 17.1. The first kappa shape index (κ1) is 22.2. The molecule has 178 valence electrons. The molecule has 4 N–H and O–H groups in total. The predicted octanol–water partition coefficient (Wildman–Crippen LogP) is 6.05. The normalized spacial score (nSPS) is 16.2. The van der Waals surface area contributed by atoms with Crippen molar-refractivity contribution in [1.29, 1.82) is 0 Å². The minimum Gasteiger partial charge on any atom is -0.334 e. The lowest BCUT2D eigenvalue weighted by molar-refractivity contribution is 0.245. The van der Waals surface area contributed by atoms with Crippen molar-refractivity contribution < 1.29 is 4.79 Å². The van der Waals surface area contributed by atoms with Crippen LogP contribution in [-0.2, 0) is 12.0 Å². The summed E-state index contributed by atoms with van der Waals surface area (Å²) < 4.78 is 0. The lowest BCUT2D eigenvalue weighted by atomic mass is 9.79. The number of nitrogens with zero attached hydrogens (tertiary/aromatic N) is 2. The minimum atomic E-state index is -0.0314. The van der Waals surface area contributed by atoms with E-state index in [1.807, 2.05) is 35.4 Å². The monoisotopic (exact) mass is 483 g/mol. The molecule has 3 aromatic carbocycles. The number of fused-ring (bicyclic) bond motifs is 3. The standard InChI is InChI=1S/C28H29N5OS/c1-18-12-25-21(16-31-32-25)13-23(18)20-6-9-26-24(14-20)28(10-2-3-11-28)17-33(26)27(34)30-15-19-4-7-22(35-29)8-5-19/h4-9,12-14,16H,2-3,10-11,15,17,29H2,1H3,(H,30,34)(H,31,32). The highest BCUT2D eigenvalue weighted by Crippen LogP contribution is 2.51. The van der Waals surface area contributed by atoms with E-state index in [-0.39, 0.29) is 11.4 Å². The Balaban J connectivity index is 1.31. The highest BCUT2D eigenvalue weighted by atomic mass is 32.2. The third-order valence-corrected chi connectivity index (χ3v) is 8.27. The zero-order chi connectivity index (χ0) is 24.0. The van der Waals surface area contributed by atoms with Crippen LogP contribution in [0.3, 0.4) is 0 Å². The highest BCUT2D eigenvalue weighted by Gasteiger charge is 2.46. The smallest absolute Gasteiger partial charge is 0.322 e. The van der Waals surface area contributed by atoms with Crippen LogP contribution in [0.1, 0.15) is 42.4 Å². The van der Waals surface area contributed by atoms with Gasteiger partial charge in [0.15, 0.2) is 0 Å². The summed E-state index contributed by atoms with van der Waals surface area (Å²) in [6.45, 7) is 3.39. The van der Waals surface area contributed by atoms with Crippen LogP contribution in [0.25, 0.3) is 22.0 Å². The predicted molar refractivity (Wildman–Crippen MR) is 142 cm³/mol. The first-order valence-corrected chi connectivity index (χ1v) is 13.0. The summed E-state index contributed by atoms with van der Waals surface area (Å²) >= 11 is 1.23. The Morgan fingerprint density at radius 3 is 2.71 bits per heavy atom. The molecular weight excluding hydrogens is 454 g/mol. The molecule has 2 aliphatic rings. The summed E-state index contributed by atoms with van der Waals surface area (Å²) in [6, 6.07) is 19.0. The second-order valence-corrected chi connectivity index (χ2v) is 10.6. The van der Waals surface area contributed by atoms with Crippen LogP contribution >= 0.6 is 11.9 Å². The van der Waals surface area contributed by atoms with Gasteiger partial charge in [-0.25, -0.2) is 4.79 Å². The van der Waals surface area contributed by atoms with Crippen molar-refractivity contribution in [3.63, 3.8) is 0 Å². The van der Waals surface area contributed by atoms with Crippen LogP contribution in [0.2, 0.25) is 0 Å². The largest absolute Gasteiger partial charge is 0.334 e. The van der Waals surface area contributed by atoms with Crippen molar-refractivity contribution in [1.82, 2.24) is 15.5 Å². The van der Waals surface area contributed by atoms with E-state index in [9.17, 15) is 4.79 Å². The third kappa shape index (κ3) is 3.89. The lowest BCUT2D eigenvalue weighted by Crippen LogP contribution is -2.41. The average molecular weight is 484 g/mol. The molecule has 1 fully saturated rings. The second-order valence-electron chi connectivity index (χ2n) is 9.85. The van der Waals surface area contributed by atoms with Gasteiger partial charge >= 0.3 is 6.03 Å². The molecule has 2 heterocycles. The first-order valence-electron chi connectivity index (χ1n) is 12.2. The van der Waals surface area contributed by atoms with Gasteiger partial charge in [0.2, 0.25) is 0 Å². The fraction of sp³-hybridized carbons (Fsp3) is 0.286. The van der Waals surface area contributed by atoms with E-state index in [0.29, 0.717) is 6.54 Å². The molecule has 6 rings (SSSR count). The van der Waals surface area contributed by atoms with Gasteiger partial charge in [-0.1, -0.05) is 31.0 Å². The lowest BCUT2D eigenvalue weighted by Gasteiger charge is -2.25. The Morgan fingerprint density at radius 2 is 1.94 bits per heavy atom. The number of benzene rings is 3. The maximum Gasteiger partial charge on any atom is 0.322 e. The Hall–Kier alpha value is -3.29. The third-order valence-electron chi connectivity index (χ3n) is 7.72. The molecular formula is C28H29N5OS. The van der Waals surface area contributed by atoms with Gasteiger partial charge in [0.1, 0.15) is 0 Å². The second kappa shape index (κ2) is 8.73. The molecule has 1 saturated carbocycles. The molecule has 1 aliphatic carbocycles. The number of aromatic nitrogens is 2. The zero-order valence-corrected chi connectivity index (χ0v) is 20.6.